The first-order valence-electron chi connectivity index (χ1n) is 5.90. The van der Waals surface area contributed by atoms with Crippen LogP contribution in [0.3, 0.4) is 0 Å². The minimum absolute atomic E-state index is 0.0350. The van der Waals surface area contributed by atoms with Gasteiger partial charge in [-0.15, -0.1) is 0 Å². The van der Waals surface area contributed by atoms with Crippen LogP contribution in [0.5, 0.6) is 5.75 Å². The Kier molecular flexibility index (Phi) is 5.70. The molecule has 2 N–H and O–H groups in total. The van der Waals surface area contributed by atoms with Gasteiger partial charge in [0.2, 0.25) is 0 Å². The van der Waals surface area contributed by atoms with Gasteiger partial charge in [-0.05, 0) is 25.5 Å². The molecule has 18 heavy (non-hydrogen) atoms. The lowest BCUT2D eigenvalue weighted by Gasteiger charge is -2.12. The molecule has 0 saturated heterocycles. The number of hydrogen-bond donors (Lipinski definition) is 2. The highest BCUT2D eigenvalue weighted by Crippen LogP contribution is 2.07. The first-order valence-corrected chi connectivity index (χ1v) is 5.90. The zero-order chi connectivity index (χ0) is 13.4. The van der Waals surface area contributed by atoms with Gasteiger partial charge in [-0.1, -0.05) is 25.1 Å². The van der Waals surface area contributed by atoms with Gasteiger partial charge in [-0.2, -0.15) is 0 Å². The Morgan fingerprint density at radius 1 is 1.28 bits per heavy atom. The molecule has 0 heterocycles. The predicted molar refractivity (Wildman–Crippen MR) is 68.4 cm³/mol. The average molecular weight is 250 g/mol. The van der Waals surface area contributed by atoms with Crippen molar-refractivity contribution in [3.63, 3.8) is 0 Å². The smallest absolute Gasteiger partial charge is 0.321 e. The topological polar surface area (TPSA) is 67.4 Å². The first-order chi connectivity index (χ1) is 8.61. The number of carbonyl (C=O) groups excluding carboxylic acids is 2. The molecule has 0 bridgehead atoms. The Morgan fingerprint density at radius 2 is 1.94 bits per heavy atom. The molecule has 0 saturated carbocycles. The Hall–Kier alpha value is -2.04. The summed E-state index contributed by atoms with van der Waals surface area (Å²) in [7, 11) is 0. The normalized spacial score (nSPS) is 11.4. The Bertz CT molecular complexity index is 392. The van der Waals surface area contributed by atoms with Gasteiger partial charge in [0.25, 0.3) is 5.91 Å². The van der Waals surface area contributed by atoms with E-state index in [4.69, 9.17) is 4.74 Å². The van der Waals surface area contributed by atoms with E-state index >= 15 is 0 Å². The van der Waals surface area contributed by atoms with Crippen LogP contribution >= 0.6 is 0 Å². The van der Waals surface area contributed by atoms with Crippen molar-refractivity contribution in [1.82, 2.24) is 10.6 Å². The fraction of sp³-hybridized carbons (Fsp3) is 0.385. The second-order valence-electron chi connectivity index (χ2n) is 3.93. The predicted octanol–water partition coefficient (Wildman–Crippen LogP) is 1.69. The molecule has 0 aromatic heterocycles. The molecule has 98 valence electrons. The fourth-order valence-electron chi connectivity index (χ4n) is 1.19. The van der Waals surface area contributed by atoms with E-state index in [-0.39, 0.29) is 12.6 Å². The number of ether oxygens (including phenoxy) is 1. The molecular formula is C13H18N2O3. The van der Waals surface area contributed by atoms with Gasteiger partial charge >= 0.3 is 6.03 Å². The van der Waals surface area contributed by atoms with Crippen LogP contribution in [0.2, 0.25) is 0 Å². The van der Waals surface area contributed by atoms with E-state index < -0.39 is 11.9 Å². The van der Waals surface area contributed by atoms with Crippen molar-refractivity contribution in [2.24, 2.45) is 0 Å². The lowest BCUT2D eigenvalue weighted by molar-refractivity contribution is -0.122. The summed E-state index contributed by atoms with van der Waals surface area (Å²) in [6, 6.07) is 8.50. The molecule has 1 atom stereocenters. The summed E-state index contributed by atoms with van der Waals surface area (Å²) in [5.41, 5.74) is 0. The third-order valence-corrected chi connectivity index (χ3v) is 2.36. The van der Waals surface area contributed by atoms with Gasteiger partial charge < -0.3 is 10.1 Å². The number of urea groups is 1. The molecule has 0 unspecified atom stereocenters. The SMILES string of the molecule is CC[C@@H](C)NC(=O)NC(=O)COc1ccccc1. The molecule has 0 aliphatic rings. The number of amides is 3. The Balaban J connectivity index is 2.27. The highest BCUT2D eigenvalue weighted by molar-refractivity contribution is 5.95. The zero-order valence-corrected chi connectivity index (χ0v) is 10.6. The third-order valence-electron chi connectivity index (χ3n) is 2.36. The van der Waals surface area contributed by atoms with E-state index in [1.165, 1.54) is 0 Å². The van der Waals surface area contributed by atoms with Crippen molar-refractivity contribution >= 4 is 11.9 Å². The van der Waals surface area contributed by atoms with E-state index in [0.29, 0.717) is 5.75 Å². The van der Waals surface area contributed by atoms with Crippen molar-refractivity contribution < 1.29 is 14.3 Å². The molecule has 0 radical (unpaired) electrons. The van der Waals surface area contributed by atoms with Gasteiger partial charge in [0.05, 0.1) is 0 Å². The molecule has 5 nitrogen and oxygen atoms in total. The van der Waals surface area contributed by atoms with Gasteiger partial charge in [0.15, 0.2) is 6.61 Å². The first kappa shape index (κ1) is 14.0. The van der Waals surface area contributed by atoms with E-state index in [2.05, 4.69) is 10.6 Å². The number of hydrogen-bond acceptors (Lipinski definition) is 3. The molecule has 3 amide bonds. The number of carbonyl (C=O) groups is 2. The van der Waals surface area contributed by atoms with E-state index in [1.54, 1.807) is 12.1 Å². The number of rotatable bonds is 5. The van der Waals surface area contributed by atoms with Crippen molar-refractivity contribution in [3.8, 4) is 5.75 Å². The molecule has 0 fully saturated rings. The molecule has 1 rings (SSSR count). The van der Waals surface area contributed by atoms with Gasteiger partial charge in [-0.3, -0.25) is 10.1 Å². The van der Waals surface area contributed by atoms with Crippen molar-refractivity contribution in [1.29, 1.82) is 0 Å². The standard InChI is InChI=1S/C13H18N2O3/c1-3-10(2)14-13(17)15-12(16)9-18-11-7-5-4-6-8-11/h4-8,10H,3,9H2,1-2H3,(H2,14,15,16,17)/t10-/m1/s1. The maximum absolute atomic E-state index is 11.4. The second kappa shape index (κ2) is 7.32. The van der Waals surface area contributed by atoms with Crippen LogP contribution in [-0.2, 0) is 4.79 Å². The number of imide groups is 1. The summed E-state index contributed by atoms with van der Waals surface area (Å²) >= 11 is 0. The number of para-hydroxylation sites is 1. The van der Waals surface area contributed by atoms with E-state index in [1.807, 2.05) is 32.0 Å². The average Bonchev–Trinajstić information content (AvgIpc) is 2.37. The third kappa shape index (κ3) is 5.34. The quantitative estimate of drug-likeness (QED) is 0.835. The van der Waals surface area contributed by atoms with Crippen LogP contribution in [0.4, 0.5) is 4.79 Å². The molecule has 1 aromatic carbocycles. The summed E-state index contributed by atoms with van der Waals surface area (Å²) in [6.45, 7) is 3.63. The van der Waals surface area contributed by atoms with Crippen LogP contribution in [0, 0.1) is 0 Å². The molecular weight excluding hydrogens is 232 g/mol. The highest BCUT2D eigenvalue weighted by atomic mass is 16.5. The summed E-state index contributed by atoms with van der Waals surface area (Å²) in [6.07, 6.45) is 0.808. The van der Waals surface area contributed by atoms with E-state index in [9.17, 15) is 9.59 Å². The lowest BCUT2D eigenvalue weighted by atomic mass is 10.3. The van der Waals surface area contributed by atoms with Crippen LogP contribution in [-0.4, -0.2) is 24.6 Å². The molecule has 0 aliphatic heterocycles. The molecule has 0 spiro atoms. The maximum atomic E-state index is 11.4. The minimum atomic E-state index is -0.494. The fourth-order valence-corrected chi connectivity index (χ4v) is 1.19. The molecule has 1 aromatic rings. The van der Waals surface area contributed by atoms with Crippen LogP contribution in [0.25, 0.3) is 0 Å². The van der Waals surface area contributed by atoms with Crippen molar-refractivity contribution in [2.75, 3.05) is 6.61 Å². The van der Waals surface area contributed by atoms with Crippen molar-refractivity contribution in [2.45, 2.75) is 26.3 Å². The summed E-state index contributed by atoms with van der Waals surface area (Å²) in [5.74, 6) is 0.120. The van der Waals surface area contributed by atoms with Gasteiger partial charge in [0.1, 0.15) is 5.75 Å². The summed E-state index contributed by atoms with van der Waals surface area (Å²) < 4.78 is 5.21. The molecule has 5 heteroatoms. The maximum Gasteiger partial charge on any atom is 0.321 e. The van der Waals surface area contributed by atoms with Crippen molar-refractivity contribution in [3.05, 3.63) is 30.3 Å². The van der Waals surface area contributed by atoms with E-state index in [0.717, 1.165) is 6.42 Å². The number of nitrogens with one attached hydrogen (secondary N) is 2. The Labute approximate surface area is 107 Å². The second-order valence-corrected chi connectivity index (χ2v) is 3.93. The number of benzene rings is 1. The van der Waals surface area contributed by atoms with Crippen LogP contribution < -0.4 is 15.4 Å². The monoisotopic (exact) mass is 250 g/mol. The molecule has 0 aliphatic carbocycles. The van der Waals surface area contributed by atoms with Gasteiger partial charge in [-0.25, -0.2) is 4.79 Å². The summed E-state index contributed by atoms with van der Waals surface area (Å²) in [4.78, 5) is 22.7. The van der Waals surface area contributed by atoms with Crippen LogP contribution in [0.1, 0.15) is 20.3 Å². The Morgan fingerprint density at radius 3 is 2.56 bits per heavy atom. The van der Waals surface area contributed by atoms with Crippen LogP contribution in [0.15, 0.2) is 30.3 Å². The largest absolute Gasteiger partial charge is 0.484 e. The minimum Gasteiger partial charge on any atom is -0.484 e. The zero-order valence-electron chi connectivity index (χ0n) is 10.6. The lowest BCUT2D eigenvalue weighted by Crippen LogP contribution is -2.44. The highest BCUT2D eigenvalue weighted by Gasteiger charge is 2.09. The van der Waals surface area contributed by atoms with Gasteiger partial charge in [0, 0.05) is 6.04 Å². The summed E-state index contributed by atoms with van der Waals surface area (Å²) in [5, 5.41) is 4.83.